The molecule has 0 bridgehead atoms. The highest BCUT2D eigenvalue weighted by molar-refractivity contribution is 6.42. The molecule has 3 heteroatoms. The number of halogens is 2. The fraction of sp³-hybridized carbons (Fsp3) is 0.696. The Balaban J connectivity index is 2.04. The van der Waals surface area contributed by atoms with Gasteiger partial charge in [-0.1, -0.05) is 87.4 Å². The first-order valence-electron chi connectivity index (χ1n) is 10.6. The van der Waals surface area contributed by atoms with Gasteiger partial charge in [0, 0.05) is 6.07 Å². The number of hydrogen-bond donors (Lipinski definition) is 0. The Morgan fingerprint density at radius 1 is 0.692 bits per heavy atom. The predicted molar refractivity (Wildman–Crippen MR) is 110 cm³/mol. The molecule has 2 aliphatic carbocycles. The monoisotopic (exact) mass is 390 g/mol. The van der Waals surface area contributed by atoms with Gasteiger partial charge in [-0.15, -0.1) is 0 Å². The maximum Gasteiger partial charge on any atom is 0.100 e. The maximum atomic E-state index is 9.83. The minimum absolute atomic E-state index is 0.440. The van der Waals surface area contributed by atoms with Crippen molar-refractivity contribution in [2.75, 3.05) is 0 Å². The summed E-state index contributed by atoms with van der Waals surface area (Å²) in [5.74, 6) is 0.888. The SMILES string of the molecule is N#Cc1[c]c(Cl)c(Cl)c(C2CCCCCCC2)c1C1CCCCCCC1. The summed E-state index contributed by atoms with van der Waals surface area (Å²) in [6.45, 7) is 0. The van der Waals surface area contributed by atoms with Crippen LogP contribution in [0, 0.1) is 17.4 Å². The largest absolute Gasteiger partial charge is 0.192 e. The normalized spacial score (nSPS) is 21.3. The van der Waals surface area contributed by atoms with Crippen molar-refractivity contribution < 1.29 is 0 Å². The Morgan fingerprint density at radius 2 is 1.12 bits per heavy atom. The van der Waals surface area contributed by atoms with E-state index in [2.05, 4.69) is 12.1 Å². The summed E-state index contributed by atoms with van der Waals surface area (Å²) in [6, 6.07) is 5.51. The van der Waals surface area contributed by atoms with Crippen molar-refractivity contribution in [2.24, 2.45) is 0 Å². The van der Waals surface area contributed by atoms with Crippen LogP contribution >= 0.6 is 23.2 Å². The Morgan fingerprint density at radius 3 is 1.58 bits per heavy atom. The highest BCUT2D eigenvalue weighted by Crippen LogP contribution is 2.46. The Kier molecular flexibility index (Phi) is 7.71. The van der Waals surface area contributed by atoms with Crippen LogP contribution in [-0.4, -0.2) is 0 Å². The van der Waals surface area contributed by atoms with Crippen LogP contribution in [0.15, 0.2) is 0 Å². The van der Waals surface area contributed by atoms with Crippen molar-refractivity contribution in [1.82, 2.24) is 0 Å². The molecule has 2 saturated carbocycles. The maximum absolute atomic E-state index is 9.83. The van der Waals surface area contributed by atoms with Gasteiger partial charge in [-0.25, -0.2) is 0 Å². The Labute approximate surface area is 169 Å². The summed E-state index contributed by atoms with van der Waals surface area (Å²) < 4.78 is 0. The molecule has 0 aliphatic heterocycles. The number of rotatable bonds is 2. The molecular weight excluding hydrogens is 361 g/mol. The molecule has 141 valence electrons. The third kappa shape index (κ3) is 4.76. The van der Waals surface area contributed by atoms with Gasteiger partial charge in [0.2, 0.25) is 0 Å². The molecule has 0 heterocycles. The van der Waals surface area contributed by atoms with Crippen molar-refractivity contribution in [1.29, 1.82) is 5.26 Å². The van der Waals surface area contributed by atoms with Crippen LogP contribution in [0.2, 0.25) is 10.0 Å². The van der Waals surface area contributed by atoms with Crippen molar-refractivity contribution in [2.45, 2.75) is 102 Å². The van der Waals surface area contributed by atoms with Crippen LogP contribution in [-0.2, 0) is 0 Å². The molecule has 0 atom stereocenters. The van der Waals surface area contributed by atoms with E-state index in [-0.39, 0.29) is 0 Å². The second kappa shape index (κ2) is 10.0. The van der Waals surface area contributed by atoms with Crippen LogP contribution in [0.4, 0.5) is 0 Å². The number of benzene rings is 1. The highest BCUT2D eigenvalue weighted by atomic mass is 35.5. The number of nitriles is 1. The Hall–Kier alpha value is -0.710. The first-order chi connectivity index (χ1) is 12.7. The summed E-state index contributed by atoms with van der Waals surface area (Å²) in [5.41, 5.74) is 3.07. The van der Waals surface area contributed by atoms with E-state index < -0.39 is 0 Å². The predicted octanol–water partition coefficient (Wildman–Crippen LogP) is 8.32. The van der Waals surface area contributed by atoms with Gasteiger partial charge in [-0.05, 0) is 48.6 Å². The lowest BCUT2D eigenvalue weighted by molar-refractivity contribution is 0.433. The summed E-state index contributed by atoms with van der Waals surface area (Å²) in [7, 11) is 0. The molecule has 2 aliphatic rings. The molecule has 2 fully saturated rings. The average Bonchev–Trinajstić information content (AvgIpc) is 2.58. The second-order valence-electron chi connectivity index (χ2n) is 8.15. The highest BCUT2D eigenvalue weighted by Gasteiger charge is 2.28. The van der Waals surface area contributed by atoms with Gasteiger partial charge in [-0.2, -0.15) is 5.26 Å². The lowest BCUT2D eigenvalue weighted by atomic mass is 9.76. The zero-order valence-electron chi connectivity index (χ0n) is 15.8. The fourth-order valence-corrected chi connectivity index (χ4v) is 5.50. The molecule has 0 unspecified atom stereocenters. The van der Waals surface area contributed by atoms with E-state index in [4.69, 9.17) is 23.2 Å². The first-order valence-corrected chi connectivity index (χ1v) is 11.3. The van der Waals surface area contributed by atoms with Gasteiger partial charge in [0.15, 0.2) is 0 Å². The second-order valence-corrected chi connectivity index (χ2v) is 8.91. The van der Waals surface area contributed by atoms with E-state index in [1.807, 2.05) is 0 Å². The molecular formula is C23H30Cl2N. The minimum Gasteiger partial charge on any atom is -0.192 e. The molecule has 1 radical (unpaired) electrons. The van der Waals surface area contributed by atoms with Gasteiger partial charge >= 0.3 is 0 Å². The zero-order chi connectivity index (χ0) is 18.4. The van der Waals surface area contributed by atoms with E-state index in [9.17, 15) is 5.26 Å². The van der Waals surface area contributed by atoms with E-state index in [1.54, 1.807) is 0 Å². The standard InChI is InChI=1S/C23H30Cl2N/c24-20-15-19(16-26)21(17-11-7-3-1-4-8-12-17)22(23(20)25)18-13-9-5-2-6-10-14-18/h17-18H,1-14H2. The van der Waals surface area contributed by atoms with Crippen LogP contribution in [0.3, 0.4) is 0 Å². The molecule has 0 N–H and O–H groups in total. The quantitative estimate of drug-likeness (QED) is 0.497. The van der Waals surface area contributed by atoms with Crippen molar-refractivity contribution in [3.63, 3.8) is 0 Å². The van der Waals surface area contributed by atoms with Crippen LogP contribution in [0.1, 0.15) is 118 Å². The zero-order valence-corrected chi connectivity index (χ0v) is 17.3. The van der Waals surface area contributed by atoms with Gasteiger partial charge in [0.25, 0.3) is 0 Å². The molecule has 1 aromatic rings. The van der Waals surface area contributed by atoms with Gasteiger partial charge in [0.1, 0.15) is 6.07 Å². The molecule has 0 amide bonds. The van der Waals surface area contributed by atoms with Gasteiger partial charge in [0.05, 0.1) is 15.6 Å². The summed E-state index contributed by atoms with van der Waals surface area (Å²) in [5, 5.41) is 10.9. The third-order valence-electron chi connectivity index (χ3n) is 6.36. The lowest BCUT2D eigenvalue weighted by Crippen LogP contribution is -2.13. The van der Waals surface area contributed by atoms with E-state index in [0.717, 1.165) is 0 Å². The molecule has 0 aromatic heterocycles. The van der Waals surface area contributed by atoms with Crippen molar-refractivity contribution >= 4 is 23.2 Å². The third-order valence-corrected chi connectivity index (χ3v) is 7.13. The van der Waals surface area contributed by atoms with Crippen molar-refractivity contribution in [3.05, 3.63) is 32.8 Å². The summed E-state index contributed by atoms with van der Waals surface area (Å²) in [4.78, 5) is 0. The average molecular weight is 391 g/mol. The molecule has 26 heavy (non-hydrogen) atoms. The molecule has 1 nitrogen and oxygen atoms in total. The van der Waals surface area contributed by atoms with Gasteiger partial charge < -0.3 is 0 Å². The van der Waals surface area contributed by atoms with E-state index >= 15 is 0 Å². The summed E-state index contributed by atoms with van der Waals surface area (Å²) in [6.07, 6.45) is 17.6. The molecule has 1 aromatic carbocycles. The smallest absolute Gasteiger partial charge is 0.100 e. The number of nitrogens with zero attached hydrogens (tertiary/aromatic N) is 1. The minimum atomic E-state index is 0.440. The molecule has 0 saturated heterocycles. The van der Waals surface area contributed by atoms with E-state index in [0.29, 0.717) is 27.4 Å². The fourth-order valence-electron chi connectivity index (χ4n) is 5.00. The molecule has 0 spiro atoms. The topological polar surface area (TPSA) is 23.8 Å². The van der Waals surface area contributed by atoms with Crippen LogP contribution in [0.5, 0.6) is 0 Å². The van der Waals surface area contributed by atoms with Gasteiger partial charge in [-0.3, -0.25) is 0 Å². The molecule has 3 rings (SSSR count). The van der Waals surface area contributed by atoms with E-state index in [1.165, 1.54) is 101 Å². The van der Waals surface area contributed by atoms with Crippen LogP contribution < -0.4 is 0 Å². The first kappa shape index (κ1) is 20.0. The summed E-state index contributed by atoms with van der Waals surface area (Å²) >= 11 is 13.2. The van der Waals surface area contributed by atoms with Crippen LogP contribution in [0.25, 0.3) is 0 Å². The number of hydrogen-bond acceptors (Lipinski definition) is 1. The Bertz CT molecular complexity index is 631. The lowest BCUT2D eigenvalue weighted by Gasteiger charge is -2.29. The van der Waals surface area contributed by atoms with Crippen molar-refractivity contribution in [3.8, 4) is 6.07 Å².